The van der Waals surface area contributed by atoms with Gasteiger partial charge in [-0.15, -0.1) is 0 Å². The van der Waals surface area contributed by atoms with Gasteiger partial charge in [-0.3, -0.25) is 9.59 Å². The van der Waals surface area contributed by atoms with Crippen molar-refractivity contribution in [1.82, 2.24) is 0 Å². The molecule has 7 heteroatoms. The molecule has 2 rings (SSSR count). The van der Waals surface area contributed by atoms with Crippen molar-refractivity contribution in [3.8, 4) is 0 Å². The third-order valence-corrected chi connectivity index (χ3v) is 8.21. The van der Waals surface area contributed by atoms with Gasteiger partial charge in [0.1, 0.15) is 6.10 Å². The van der Waals surface area contributed by atoms with E-state index in [4.69, 9.17) is 9.84 Å². The van der Waals surface area contributed by atoms with Crippen molar-refractivity contribution in [3.05, 3.63) is 0 Å². The summed E-state index contributed by atoms with van der Waals surface area (Å²) in [6.45, 7) is 9.98. The molecule has 0 aromatic heterocycles. The molecule has 4 N–H and O–H groups in total. The Balaban J connectivity index is 2.14. The number of carbonyl (C=O) groups is 2. The van der Waals surface area contributed by atoms with Crippen molar-refractivity contribution in [3.63, 3.8) is 0 Å². The van der Waals surface area contributed by atoms with Gasteiger partial charge in [-0.1, -0.05) is 27.2 Å². The van der Waals surface area contributed by atoms with E-state index in [0.29, 0.717) is 31.6 Å². The second-order valence-electron chi connectivity index (χ2n) is 11.1. The molecule has 186 valence electrons. The highest BCUT2D eigenvalue weighted by atomic mass is 16.5. The number of aliphatic hydroxyl groups excluding tert-OH is 3. The zero-order valence-corrected chi connectivity index (χ0v) is 20.4. The summed E-state index contributed by atoms with van der Waals surface area (Å²) in [5, 5.41) is 40.0. The lowest BCUT2D eigenvalue weighted by atomic mass is 9.57. The molecule has 9 atom stereocenters. The van der Waals surface area contributed by atoms with E-state index in [1.165, 1.54) is 0 Å². The summed E-state index contributed by atoms with van der Waals surface area (Å²) in [5.41, 5.74) is -0.555. The van der Waals surface area contributed by atoms with Gasteiger partial charge in [0.05, 0.1) is 30.1 Å². The molecule has 0 aliphatic heterocycles. The molecule has 0 saturated heterocycles. The summed E-state index contributed by atoms with van der Waals surface area (Å²) >= 11 is 0. The van der Waals surface area contributed by atoms with E-state index >= 15 is 0 Å². The van der Waals surface area contributed by atoms with Crippen molar-refractivity contribution < 1.29 is 34.8 Å². The van der Waals surface area contributed by atoms with E-state index in [9.17, 15) is 24.9 Å². The topological polar surface area (TPSA) is 124 Å². The van der Waals surface area contributed by atoms with Gasteiger partial charge in [-0.05, 0) is 76.0 Å². The molecular formula is C25H44O7. The fourth-order valence-corrected chi connectivity index (χ4v) is 5.74. The maximum atomic E-state index is 12.9. The number of hydrogen-bond donors (Lipinski definition) is 4. The molecule has 0 radical (unpaired) electrons. The quantitative estimate of drug-likeness (QED) is 0.371. The average Bonchev–Trinajstić information content (AvgIpc) is 2.69. The van der Waals surface area contributed by atoms with Gasteiger partial charge in [-0.25, -0.2) is 0 Å². The number of carbonyl (C=O) groups excluding carboxylic acids is 1. The number of esters is 1. The third kappa shape index (κ3) is 6.67. The van der Waals surface area contributed by atoms with Gasteiger partial charge in [0.2, 0.25) is 0 Å². The first-order valence-electron chi connectivity index (χ1n) is 12.3. The number of aliphatic carboxylic acids is 1. The normalized spacial score (nSPS) is 34.9. The van der Waals surface area contributed by atoms with Crippen LogP contribution >= 0.6 is 0 Å². The maximum Gasteiger partial charge on any atom is 0.311 e. The molecule has 0 amide bonds. The van der Waals surface area contributed by atoms with Crippen LogP contribution in [0.25, 0.3) is 0 Å². The van der Waals surface area contributed by atoms with Crippen LogP contribution in [0.5, 0.6) is 0 Å². The van der Waals surface area contributed by atoms with E-state index in [-0.39, 0.29) is 48.6 Å². The van der Waals surface area contributed by atoms with Gasteiger partial charge >= 0.3 is 11.9 Å². The second-order valence-corrected chi connectivity index (χ2v) is 11.1. The predicted octanol–water partition coefficient (Wildman–Crippen LogP) is 3.38. The van der Waals surface area contributed by atoms with Crippen molar-refractivity contribution in [2.24, 2.45) is 35.0 Å². The van der Waals surface area contributed by atoms with Gasteiger partial charge in [0, 0.05) is 5.92 Å². The third-order valence-electron chi connectivity index (χ3n) is 8.21. The number of fused-ring (bicyclic) bond motifs is 1. The number of rotatable bonds is 10. The van der Waals surface area contributed by atoms with Crippen LogP contribution in [0.2, 0.25) is 0 Å². The fraction of sp³-hybridized carbons (Fsp3) is 0.920. The minimum atomic E-state index is -1.08. The largest absolute Gasteiger partial charge is 0.481 e. The number of carboxylic acid groups (broad SMARTS) is 1. The lowest BCUT2D eigenvalue weighted by molar-refractivity contribution is -0.182. The van der Waals surface area contributed by atoms with Crippen LogP contribution in [0.3, 0.4) is 0 Å². The van der Waals surface area contributed by atoms with Crippen LogP contribution < -0.4 is 0 Å². The molecule has 2 aliphatic carbocycles. The highest BCUT2D eigenvalue weighted by Crippen LogP contribution is 2.51. The molecule has 0 bridgehead atoms. The summed E-state index contributed by atoms with van der Waals surface area (Å²) in [6.07, 6.45) is 1.47. The van der Waals surface area contributed by atoms with Crippen LogP contribution in [-0.2, 0) is 14.3 Å². The predicted molar refractivity (Wildman–Crippen MR) is 121 cm³/mol. The first-order valence-corrected chi connectivity index (χ1v) is 12.3. The summed E-state index contributed by atoms with van der Waals surface area (Å²) in [4.78, 5) is 23.7. The monoisotopic (exact) mass is 456 g/mol. The van der Waals surface area contributed by atoms with Crippen molar-refractivity contribution in [2.75, 3.05) is 0 Å². The SMILES string of the molecule is CCC(C)(C)C(=O)O[C@H]1C[C@@H](C)[C@@H](O)[C@@H]2CC[C@H](C)[C@H](CC[C@@H](O)C[C@@H](O)CC(=O)O)C12. The Morgan fingerprint density at radius 1 is 1.09 bits per heavy atom. The van der Waals surface area contributed by atoms with Crippen LogP contribution in [0.4, 0.5) is 0 Å². The van der Waals surface area contributed by atoms with E-state index in [2.05, 4.69) is 6.92 Å². The summed E-state index contributed by atoms with van der Waals surface area (Å²) in [7, 11) is 0. The zero-order chi connectivity index (χ0) is 24.2. The van der Waals surface area contributed by atoms with Crippen molar-refractivity contribution >= 4 is 11.9 Å². The highest BCUT2D eigenvalue weighted by molar-refractivity contribution is 5.76. The molecule has 32 heavy (non-hydrogen) atoms. The van der Waals surface area contributed by atoms with Crippen LogP contribution in [0.15, 0.2) is 0 Å². The molecule has 2 saturated carbocycles. The molecule has 0 aromatic rings. The molecule has 1 unspecified atom stereocenters. The average molecular weight is 457 g/mol. The molecule has 0 aromatic carbocycles. The molecule has 2 fully saturated rings. The van der Waals surface area contributed by atoms with Crippen LogP contribution in [-0.4, -0.2) is 56.8 Å². The minimum absolute atomic E-state index is 0.0320. The highest BCUT2D eigenvalue weighted by Gasteiger charge is 2.51. The standard InChI is InChI=1S/C25H44O7/c1-6-25(4,5)24(31)32-20-11-15(3)23(30)19-9-7-14(2)18(22(19)20)10-8-16(26)12-17(27)13-21(28)29/h14-20,22-23,26-27,30H,6-13H2,1-5H3,(H,28,29)/t14-,15+,16+,17+,18-,19+,20-,22?,23+/m0/s1. The Hall–Kier alpha value is -1.18. The Labute approximate surface area is 192 Å². The Kier molecular flexibility index (Phi) is 9.56. The number of hydrogen-bond acceptors (Lipinski definition) is 6. The summed E-state index contributed by atoms with van der Waals surface area (Å²) in [5.74, 6) is -0.558. The van der Waals surface area contributed by atoms with Gasteiger partial charge in [-0.2, -0.15) is 0 Å². The number of ether oxygens (including phenoxy) is 1. The zero-order valence-electron chi connectivity index (χ0n) is 20.4. The Morgan fingerprint density at radius 3 is 2.34 bits per heavy atom. The first-order chi connectivity index (χ1) is 14.9. The maximum absolute atomic E-state index is 12.9. The van der Waals surface area contributed by atoms with E-state index in [0.717, 1.165) is 12.8 Å². The summed E-state index contributed by atoms with van der Waals surface area (Å²) in [6, 6.07) is 0. The smallest absolute Gasteiger partial charge is 0.311 e. The number of aliphatic hydroxyl groups is 3. The van der Waals surface area contributed by atoms with Gasteiger partial charge < -0.3 is 25.2 Å². The Bertz CT molecular complexity index is 634. The molecule has 2 aliphatic rings. The first kappa shape index (κ1) is 27.1. The van der Waals surface area contributed by atoms with E-state index < -0.39 is 29.7 Å². The van der Waals surface area contributed by atoms with Crippen LogP contribution in [0.1, 0.15) is 86.0 Å². The minimum Gasteiger partial charge on any atom is -0.481 e. The van der Waals surface area contributed by atoms with Crippen molar-refractivity contribution in [1.29, 1.82) is 0 Å². The van der Waals surface area contributed by atoms with E-state index in [1.54, 1.807) is 0 Å². The van der Waals surface area contributed by atoms with Gasteiger partial charge in [0.25, 0.3) is 0 Å². The van der Waals surface area contributed by atoms with Crippen molar-refractivity contribution in [2.45, 2.75) is 110 Å². The summed E-state index contributed by atoms with van der Waals surface area (Å²) < 4.78 is 6.11. The van der Waals surface area contributed by atoms with E-state index in [1.807, 2.05) is 27.7 Å². The second kappa shape index (κ2) is 11.3. The molecule has 0 heterocycles. The number of carboxylic acids is 1. The van der Waals surface area contributed by atoms with Gasteiger partial charge in [0.15, 0.2) is 0 Å². The molecular weight excluding hydrogens is 412 g/mol. The fourth-order valence-electron chi connectivity index (χ4n) is 5.74. The lowest BCUT2D eigenvalue weighted by Crippen LogP contribution is -2.53. The Morgan fingerprint density at radius 2 is 1.75 bits per heavy atom. The molecule has 7 nitrogen and oxygen atoms in total. The van der Waals surface area contributed by atoms with Crippen LogP contribution in [0, 0.1) is 35.0 Å². The lowest BCUT2D eigenvalue weighted by Gasteiger charge is -2.52. The molecule has 0 spiro atoms.